The standard InChI is InChI=1S/C17H27N7O/c1-4-12(2)24-14(8-9-19-24)20-17(25)13(3)18-11-16-22-21-15-7-5-6-10-23(15)16/h8-9,12-13,18H,4-7,10-11H2,1-3H3,(H,20,25)/t12-,13-/m0/s1. The van der Waals surface area contributed by atoms with E-state index in [1.54, 1.807) is 6.20 Å². The van der Waals surface area contributed by atoms with Crippen LogP contribution < -0.4 is 10.6 Å². The number of hydrogen-bond donors (Lipinski definition) is 2. The fraction of sp³-hybridized carbons (Fsp3) is 0.647. The number of carbonyl (C=O) groups excluding carboxylic acids is 1. The number of nitrogens with one attached hydrogen (secondary N) is 2. The first-order chi connectivity index (χ1) is 12.1. The number of rotatable bonds is 7. The minimum absolute atomic E-state index is 0.0802. The Morgan fingerprint density at radius 1 is 1.32 bits per heavy atom. The van der Waals surface area contributed by atoms with Gasteiger partial charge in [0.2, 0.25) is 5.91 Å². The van der Waals surface area contributed by atoms with Gasteiger partial charge >= 0.3 is 0 Å². The van der Waals surface area contributed by atoms with E-state index in [2.05, 4.69) is 44.3 Å². The first-order valence-corrected chi connectivity index (χ1v) is 9.08. The van der Waals surface area contributed by atoms with Crippen LogP contribution in [0.4, 0.5) is 5.82 Å². The van der Waals surface area contributed by atoms with Gasteiger partial charge in [0.25, 0.3) is 0 Å². The van der Waals surface area contributed by atoms with Crippen molar-refractivity contribution >= 4 is 11.7 Å². The van der Waals surface area contributed by atoms with E-state index in [0.29, 0.717) is 6.54 Å². The van der Waals surface area contributed by atoms with Crippen molar-refractivity contribution in [1.82, 2.24) is 29.9 Å². The minimum Gasteiger partial charge on any atom is -0.314 e. The van der Waals surface area contributed by atoms with Crippen molar-refractivity contribution < 1.29 is 4.79 Å². The van der Waals surface area contributed by atoms with E-state index in [1.807, 2.05) is 17.7 Å². The van der Waals surface area contributed by atoms with E-state index in [1.165, 1.54) is 6.42 Å². The molecule has 1 aliphatic heterocycles. The van der Waals surface area contributed by atoms with Crippen molar-refractivity contribution in [3.05, 3.63) is 23.9 Å². The highest BCUT2D eigenvalue weighted by Crippen LogP contribution is 2.17. The maximum atomic E-state index is 12.5. The molecular formula is C17H27N7O. The van der Waals surface area contributed by atoms with Gasteiger partial charge in [-0.1, -0.05) is 6.92 Å². The molecule has 2 aromatic heterocycles. The lowest BCUT2D eigenvalue weighted by molar-refractivity contribution is -0.117. The van der Waals surface area contributed by atoms with E-state index in [-0.39, 0.29) is 18.0 Å². The van der Waals surface area contributed by atoms with E-state index < -0.39 is 0 Å². The van der Waals surface area contributed by atoms with Crippen molar-refractivity contribution in [2.24, 2.45) is 0 Å². The number of nitrogens with zero attached hydrogens (tertiary/aromatic N) is 5. The van der Waals surface area contributed by atoms with Gasteiger partial charge in [0.1, 0.15) is 17.5 Å². The largest absolute Gasteiger partial charge is 0.314 e. The lowest BCUT2D eigenvalue weighted by Gasteiger charge is -2.18. The summed E-state index contributed by atoms with van der Waals surface area (Å²) in [6.07, 6.45) is 5.99. The van der Waals surface area contributed by atoms with Crippen LogP contribution in [0, 0.1) is 0 Å². The molecule has 3 rings (SSSR count). The molecule has 0 radical (unpaired) electrons. The SMILES string of the molecule is CC[C@H](C)n1nccc1NC(=O)[C@H](C)NCc1nnc2n1CCCC2. The molecule has 1 aliphatic rings. The van der Waals surface area contributed by atoms with Gasteiger partial charge in [-0.05, 0) is 33.1 Å². The summed E-state index contributed by atoms with van der Waals surface area (Å²) in [6.45, 7) is 7.53. The van der Waals surface area contributed by atoms with E-state index in [0.717, 1.165) is 43.3 Å². The molecular weight excluding hydrogens is 318 g/mol. The summed E-state index contributed by atoms with van der Waals surface area (Å²) in [5, 5.41) is 19.0. The van der Waals surface area contributed by atoms with Crippen LogP contribution in [-0.4, -0.2) is 36.5 Å². The molecule has 0 spiro atoms. The minimum atomic E-state index is -0.336. The Kier molecular flexibility index (Phi) is 5.47. The van der Waals surface area contributed by atoms with Gasteiger partial charge in [0.05, 0.1) is 24.8 Å². The summed E-state index contributed by atoms with van der Waals surface area (Å²) in [5.74, 6) is 2.60. The van der Waals surface area contributed by atoms with Crippen molar-refractivity contribution in [2.75, 3.05) is 5.32 Å². The molecule has 2 atom stereocenters. The average molecular weight is 345 g/mol. The van der Waals surface area contributed by atoms with Crippen LogP contribution >= 0.6 is 0 Å². The lowest BCUT2D eigenvalue weighted by atomic mass is 10.1. The van der Waals surface area contributed by atoms with E-state index in [9.17, 15) is 4.79 Å². The van der Waals surface area contributed by atoms with Gasteiger partial charge < -0.3 is 9.88 Å². The summed E-state index contributed by atoms with van der Waals surface area (Å²) >= 11 is 0. The number of amides is 1. The average Bonchev–Trinajstić information content (AvgIpc) is 3.25. The fourth-order valence-corrected chi connectivity index (χ4v) is 3.01. The molecule has 0 aliphatic carbocycles. The molecule has 1 amide bonds. The van der Waals surface area contributed by atoms with Gasteiger partial charge in [0.15, 0.2) is 0 Å². The summed E-state index contributed by atoms with van der Waals surface area (Å²) in [5.41, 5.74) is 0. The molecule has 0 fully saturated rings. The topological polar surface area (TPSA) is 89.7 Å². The van der Waals surface area contributed by atoms with Gasteiger partial charge in [0, 0.05) is 19.0 Å². The molecule has 0 saturated heterocycles. The molecule has 3 heterocycles. The van der Waals surface area contributed by atoms with Crippen LogP contribution in [0.3, 0.4) is 0 Å². The molecule has 25 heavy (non-hydrogen) atoms. The van der Waals surface area contributed by atoms with E-state index in [4.69, 9.17) is 0 Å². The van der Waals surface area contributed by atoms with Crippen LogP contribution in [0.1, 0.15) is 57.7 Å². The number of fused-ring (bicyclic) bond motifs is 1. The van der Waals surface area contributed by atoms with Crippen molar-refractivity contribution in [3.63, 3.8) is 0 Å². The van der Waals surface area contributed by atoms with Crippen LogP contribution in [0.25, 0.3) is 0 Å². The Morgan fingerprint density at radius 3 is 2.96 bits per heavy atom. The van der Waals surface area contributed by atoms with Crippen LogP contribution in [0.5, 0.6) is 0 Å². The number of carbonyl (C=O) groups is 1. The number of hydrogen-bond acceptors (Lipinski definition) is 5. The molecule has 8 heteroatoms. The molecule has 0 aromatic carbocycles. The molecule has 0 unspecified atom stereocenters. The van der Waals surface area contributed by atoms with Crippen LogP contribution in [0.15, 0.2) is 12.3 Å². The van der Waals surface area contributed by atoms with E-state index >= 15 is 0 Å². The molecule has 0 bridgehead atoms. The normalized spacial score (nSPS) is 16.3. The fourth-order valence-electron chi connectivity index (χ4n) is 3.01. The Hall–Kier alpha value is -2.22. The zero-order chi connectivity index (χ0) is 17.8. The number of aromatic nitrogens is 5. The monoisotopic (exact) mass is 345 g/mol. The lowest BCUT2D eigenvalue weighted by Crippen LogP contribution is -2.38. The summed E-state index contributed by atoms with van der Waals surface area (Å²) in [4.78, 5) is 12.5. The summed E-state index contributed by atoms with van der Waals surface area (Å²) in [6, 6.07) is 1.74. The number of aryl methyl sites for hydroxylation is 1. The second-order valence-electron chi connectivity index (χ2n) is 6.65. The second-order valence-corrected chi connectivity index (χ2v) is 6.65. The zero-order valence-corrected chi connectivity index (χ0v) is 15.2. The molecule has 0 saturated carbocycles. The van der Waals surface area contributed by atoms with Crippen molar-refractivity contribution in [1.29, 1.82) is 0 Å². The predicted molar refractivity (Wildman–Crippen MR) is 95.1 cm³/mol. The quantitative estimate of drug-likeness (QED) is 0.800. The second kappa shape index (κ2) is 7.77. The van der Waals surface area contributed by atoms with Gasteiger partial charge in [-0.15, -0.1) is 10.2 Å². The smallest absolute Gasteiger partial charge is 0.242 e. The van der Waals surface area contributed by atoms with Crippen molar-refractivity contribution in [3.8, 4) is 0 Å². The summed E-state index contributed by atoms with van der Waals surface area (Å²) < 4.78 is 4.01. The predicted octanol–water partition coefficient (Wildman–Crippen LogP) is 1.90. The molecule has 136 valence electrons. The summed E-state index contributed by atoms with van der Waals surface area (Å²) in [7, 11) is 0. The number of anilines is 1. The molecule has 2 N–H and O–H groups in total. The highest BCUT2D eigenvalue weighted by Gasteiger charge is 2.19. The van der Waals surface area contributed by atoms with Gasteiger partial charge in [-0.2, -0.15) is 5.10 Å². The Balaban J connectivity index is 1.56. The van der Waals surface area contributed by atoms with Gasteiger partial charge in [-0.25, -0.2) is 4.68 Å². The van der Waals surface area contributed by atoms with Gasteiger partial charge in [-0.3, -0.25) is 10.1 Å². The zero-order valence-electron chi connectivity index (χ0n) is 15.2. The maximum Gasteiger partial charge on any atom is 0.242 e. The maximum absolute atomic E-state index is 12.5. The Morgan fingerprint density at radius 2 is 2.16 bits per heavy atom. The first-order valence-electron chi connectivity index (χ1n) is 9.08. The Labute approximate surface area is 148 Å². The Bertz CT molecular complexity index is 720. The highest BCUT2D eigenvalue weighted by molar-refractivity contribution is 5.93. The third-order valence-electron chi connectivity index (χ3n) is 4.83. The molecule has 8 nitrogen and oxygen atoms in total. The highest BCUT2D eigenvalue weighted by atomic mass is 16.2. The first kappa shape index (κ1) is 17.6. The third kappa shape index (κ3) is 3.89. The van der Waals surface area contributed by atoms with Crippen LogP contribution in [0.2, 0.25) is 0 Å². The van der Waals surface area contributed by atoms with Crippen molar-refractivity contribution in [2.45, 2.75) is 71.6 Å². The third-order valence-corrected chi connectivity index (χ3v) is 4.83. The molecule has 2 aromatic rings. The van der Waals surface area contributed by atoms with Crippen LogP contribution in [-0.2, 0) is 24.3 Å².